The summed E-state index contributed by atoms with van der Waals surface area (Å²) in [6, 6.07) is 2.24. The highest BCUT2D eigenvalue weighted by molar-refractivity contribution is 7.07. The molecule has 1 rings (SSSR count). The van der Waals surface area contributed by atoms with Gasteiger partial charge in [-0.15, -0.1) is 0 Å². The summed E-state index contributed by atoms with van der Waals surface area (Å²) in [6.45, 7) is 13.8. The molecule has 0 N–H and O–H groups in total. The highest BCUT2D eigenvalue weighted by Crippen LogP contribution is 2.17. The third-order valence-corrected chi connectivity index (χ3v) is 6.70. The molecular weight excluding hydrogens is 380 g/mol. The maximum atomic E-state index is 2.45. The number of hydrogen-bond donors (Lipinski definition) is 0. The van der Waals surface area contributed by atoms with E-state index in [1.165, 1.54) is 80.9 Å². The first-order valence-electron chi connectivity index (χ1n) is 12.0. The first kappa shape index (κ1) is 26.7. The quantitative estimate of drug-likeness (QED) is 0.245. The fraction of sp³-hybridized carbons (Fsp3) is 0.586. The molecule has 168 valence electrons. The van der Waals surface area contributed by atoms with Gasteiger partial charge in [-0.3, -0.25) is 0 Å². The summed E-state index contributed by atoms with van der Waals surface area (Å²) in [5.41, 5.74) is 7.64. The second-order valence-corrected chi connectivity index (χ2v) is 9.99. The lowest BCUT2D eigenvalue weighted by atomic mass is 9.98. The first-order chi connectivity index (χ1) is 14.4. The second kappa shape index (κ2) is 16.4. The van der Waals surface area contributed by atoms with Crippen LogP contribution in [-0.4, -0.2) is 0 Å². The second-order valence-electron chi connectivity index (χ2n) is 9.21. The Morgan fingerprint density at radius 1 is 0.800 bits per heavy atom. The third-order valence-electron chi connectivity index (χ3n) is 5.97. The Hall–Kier alpha value is -1.34. The van der Waals surface area contributed by atoms with Crippen LogP contribution >= 0.6 is 11.3 Å². The molecule has 0 spiro atoms. The number of hydrogen-bond acceptors (Lipinski definition) is 1. The molecule has 0 nitrogen and oxygen atoms in total. The normalized spacial score (nSPS) is 15.0. The molecule has 0 aliphatic heterocycles. The van der Waals surface area contributed by atoms with Crippen molar-refractivity contribution in [3.05, 3.63) is 69.0 Å². The van der Waals surface area contributed by atoms with Crippen LogP contribution in [0.3, 0.4) is 0 Å². The molecule has 0 radical (unpaired) electrons. The van der Waals surface area contributed by atoms with Crippen molar-refractivity contribution in [1.29, 1.82) is 0 Å². The first-order valence-corrected chi connectivity index (χ1v) is 13.0. The smallest absolute Gasteiger partial charge is 0.00611 e. The summed E-state index contributed by atoms with van der Waals surface area (Å²) in [5, 5.41) is 4.43. The van der Waals surface area contributed by atoms with Crippen molar-refractivity contribution in [1.82, 2.24) is 0 Å². The predicted molar refractivity (Wildman–Crippen MR) is 139 cm³/mol. The summed E-state index contributed by atoms with van der Waals surface area (Å²) >= 11 is 1.80. The summed E-state index contributed by atoms with van der Waals surface area (Å²) < 4.78 is 0. The molecule has 1 aromatic rings. The Labute approximate surface area is 191 Å². The van der Waals surface area contributed by atoms with Gasteiger partial charge in [0.25, 0.3) is 0 Å². The average molecular weight is 427 g/mol. The van der Waals surface area contributed by atoms with Crippen molar-refractivity contribution >= 4 is 11.3 Å². The highest BCUT2D eigenvalue weighted by atomic mass is 32.1. The molecule has 30 heavy (non-hydrogen) atoms. The Kier molecular flexibility index (Phi) is 14.6. The predicted octanol–water partition coefficient (Wildman–Crippen LogP) is 10.2. The van der Waals surface area contributed by atoms with Gasteiger partial charge in [0.1, 0.15) is 0 Å². The largest absolute Gasteiger partial charge is 0.152 e. The maximum Gasteiger partial charge on any atom is -0.00611 e. The van der Waals surface area contributed by atoms with Crippen LogP contribution in [0.4, 0.5) is 0 Å². The maximum absolute atomic E-state index is 2.45. The van der Waals surface area contributed by atoms with Crippen molar-refractivity contribution < 1.29 is 0 Å². The Morgan fingerprint density at radius 2 is 1.30 bits per heavy atom. The summed E-state index contributed by atoms with van der Waals surface area (Å²) in [5.74, 6) is 0.818. The highest BCUT2D eigenvalue weighted by Gasteiger charge is 1.99. The third kappa shape index (κ3) is 13.8. The van der Waals surface area contributed by atoms with Crippen molar-refractivity contribution in [2.45, 2.75) is 106 Å². The van der Waals surface area contributed by atoms with E-state index in [9.17, 15) is 0 Å². The van der Waals surface area contributed by atoms with Gasteiger partial charge in [0.15, 0.2) is 0 Å². The van der Waals surface area contributed by atoms with E-state index < -0.39 is 0 Å². The lowest BCUT2D eigenvalue weighted by Crippen LogP contribution is -1.92. The van der Waals surface area contributed by atoms with Gasteiger partial charge in [0, 0.05) is 0 Å². The molecule has 1 atom stereocenters. The van der Waals surface area contributed by atoms with Crippen molar-refractivity contribution in [2.75, 3.05) is 0 Å². The van der Waals surface area contributed by atoms with E-state index in [0.717, 1.165) is 5.92 Å². The van der Waals surface area contributed by atoms with Crippen LogP contribution in [0.1, 0.15) is 105 Å². The van der Waals surface area contributed by atoms with Gasteiger partial charge < -0.3 is 0 Å². The summed E-state index contributed by atoms with van der Waals surface area (Å²) in [4.78, 5) is 0. The van der Waals surface area contributed by atoms with E-state index in [2.05, 4.69) is 82.7 Å². The fourth-order valence-electron chi connectivity index (χ4n) is 3.64. The van der Waals surface area contributed by atoms with Crippen molar-refractivity contribution in [3.63, 3.8) is 0 Å². The number of thiophene rings is 1. The molecular formula is C29H46S. The van der Waals surface area contributed by atoms with Gasteiger partial charge >= 0.3 is 0 Å². The molecule has 0 aromatic carbocycles. The van der Waals surface area contributed by atoms with Gasteiger partial charge in [0.2, 0.25) is 0 Å². The number of allylic oxidation sites excluding steroid dienone is 8. The molecule has 0 fully saturated rings. The van der Waals surface area contributed by atoms with E-state index >= 15 is 0 Å². The molecule has 0 saturated carbocycles. The number of aryl methyl sites for hydroxylation is 1. The number of rotatable bonds is 15. The van der Waals surface area contributed by atoms with Gasteiger partial charge in [-0.25, -0.2) is 0 Å². The van der Waals surface area contributed by atoms with Gasteiger partial charge in [-0.05, 0) is 114 Å². The standard InChI is InChI=1S/C29H46S/c1-7-24(2)22-28(6)18-10-16-26(4)14-8-12-25(3)13-9-15-27(5)17-11-19-29-20-21-30-23-29/h13-14,17-18,20-21,23-24H,7-12,15-16,19,22H2,1-6H3. The zero-order valence-electron chi connectivity index (χ0n) is 20.6. The van der Waals surface area contributed by atoms with E-state index in [-0.39, 0.29) is 0 Å². The Balaban J connectivity index is 2.20. The van der Waals surface area contributed by atoms with Gasteiger partial charge in [-0.1, -0.05) is 66.9 Å². The van der Waals surface area contributed by atoms with E-state index in [4.69, 9.17) is 0 Å². The van der Waals surface area contributed by atoms with E-state index in [1.54, 1.807) is 22.5 Å². The van der Waals surface area contributed by atoms with Crippen LogP contribution in [0.15, 0.2) is 63.4 Å². The topological polar surface area (TPSA) is 0 Å². The monoisotopic (exact) mass is 426 g/mol. The molecule has 0 aliphatic rings. The minimum absolute atomic E-state index is 0.818. The molecule has 0 saturated heterocycles. The molecule has 0 amide bonds. The summed E-state index contributed by atoms with van der Waals surface area (Å²) in [6.07, 6.45) is 21.8. The molecule has 1 aromatic heterocycles. The molecule has 1 unspecified atom stereocenters. The minimum Gasteiger partial charge on any atom is -0.152 e. The lowest BCUT2D eigenvalue weighted by Gasteiger charge is -2.08. The molecule has 1 heteroatoms. The molecule has 0 bridgehead atoms. The van der Waals surface area contributed by atoms with E-state index in [0.29, 0.717) is 0 Å². The molecule has 0 aliphatic carbocycles. The zero-order valence-corrected chi connectivity index (χ0v) is 21.4. The van der Waals surface area contributed by atoms with E-state index in [1.807, 2.05) is 0 Å². The van der Waals surface area contributed by atoms with Crippen LogP contribution in [0.5, 0.6) is 0 Å². The van der Waals surface area contributed by atoms with Gasteiger partial charge in [-0.2, -0.15) is 11.3 Å². The SMILES string of the molecule is CCC(C)CC(C)=CCCC(C)=CCCC(C)=CCCC(C)=CCCc1ccsc1. The van der Waals surface area contributed by atoms with Gasteiger partial charge in [0.05, 0.1) is 0 Å². The van der Waals surface area contributed by atoms with Crippen molar-refractivity contribution in [3.8, 4) is 0 Å². The Morgan fingerprint density at radius 3 is 1.77 bits per heavy atom. The lowest BCUT2D eigenvalue weighted by molar-refractivity contribution is 0.556. The van der Waals surface area contributed by atoms with Crippen LogP contribution < -0.4 is 0 Å². The average Bonchev–Trinajstić information content (AvgIpc) is 3.21. The van der Waals surface area contributed by atoms with Crippen LogP contribution in [0.2, 0.25) is 0 Å². The molecule has 1 heterocycles. The van der Waals surface area contributed by atoms with Crippen LogP contribution in [0, 0.1) is 5.92 Å². The van der Waals surface area contributed by atoms with Crippen LogP contribution in [0.25, 0.3) is 0 Å². The van der Waals surface area contributed by atoms with Crippen molar-refractivity contribution in [2.24, 2.45) is 5.92 Å². The zero-order chi connectivity index (χ0) is 22.2. The summed E-state index contributed by atoms with van der Waals surface area (Å²) in [7, 11) is 0. The fourth-order valence-corrected chi connectivity index (χ4v) is 4.35. The Bertz CT molecular complexity index is 682. The minimum atomic E-state index is 0.818. The van der Waals surface area contributed by atoms with Crippen LogP contribution in [-0.2, 0) is 6.42 Å².